The van der Waals surface area contributed by atoms with Crippen molar-refractivity contribution in [2.75, 3.05) is 0 Å². The Bertz CT molecular complexity index is 288. The van der Waals surface area contributed by atoms with Crippen LogP contribution in [0.3, 0.4) is 0 Å². The molecule has 0 aliphatic rings. The Morgan fingerprint density at radius 1 is 1.57 bits per heavy atom. The number of nitrogens with two attached hydrogens (primary N) is 1. The number of hydrogen-bond donors (Lipinski definition) is 3. The van der Waals surface area contributed by atoms with Gasteiger partial charge >= 0.3 is 0 Å². The highest BCUT2D eigenvalue weighted by molar-refractivity contribution is 5.78. The van der Waals surface area contributed by atoms with Gasteiger partial charge in [0.2, 0.25) is 0 Å². The number of imidazole rings is 1. The molecule has 0 aliphatic carbocycles. The van der Waals surface area contributed by atoms with Crippen molar-refractivity contribution in [3.8, 4) is 0 Å². The maximum Gasteiger partial charge on any atom is 0.189 e. The third-order valence-corrected chi connectivity index (χ3v) is 1.68. The number of aromatic nitrogens is 2. The van der Waals surface area contributed by atoms with Crippen molar-refractivity contribution in [2.24, 2.45) is 10.7 Å². The molecule has 78 valence electrons. The summed E-state index contributed by atoms with van der Waals surface area (Å²) >= 11 is 0. The minimum Gasteiger partial charge on any atom is -0.370 e. The average Bonchev–Trinajstić information content (AvgIpc) is 2.53. The Morgan fingerprint density at radius 2 is 2.29 bits per heavy atom. The molecule has 0 saturated carbocycles. The second kappa shape index (κ2) is 4.64. The first kappa shape index (κ1) is 10.6. The van der Waals surface area contributed by atoms with Crippen LogP contribution in [0.5, 0.6) is 0 Å². The van der Waals surface area contributed by atoms with Crippen LogP contribution >= 0.6 is 0 Å². The largest absolute Gasteiger partial charge is 0.370 e. The van der Waals surface area contributed by atoms with Crippen molar-refractivity contribution in [1.82, 2.24) is 15.3 Å². The number of rotatable bonds is 3. The van der Waals surface area contributed by atoms with Crippen LogP contribution in [0.25, 0.3) is 0 Å². The second-order valence-electron chi connectivity index (χ2n) is 3.46. The fraction of sp³-hybridized carbons (Fsp3) is 0.556. The fourth-order valence-corrected chi connectivity index (χ4v) is 1.11. The number of nitrogens with zero attached hydrogens (tertiary/aromatic N) is 2. The lowest BCUT2D eigenvalue weighted by atomic mass is 10.3. The normalized spacial score (nSPS) is 14.4. The topological polar surface area (TPSA) is 79.1 Å². The van der Waals surface area contributed by atoms with Crippen LogP contribution in [0.2, 0.25) is 0 Å². The third-order valence-electron chi connectivity index (χ3n) is 1.68. The summed E-state index contributed by atoms with van der Waals surface area (Å²) in [4.78, 5) is 11.3. The predicted molar refractivity (Wildman–Crippen MR) is 56.9 cm³/mol. The van der Waals surface area contributed by atoms with Crippen LogP contribution in [-0.2, 0) is 0 Å². The molecule has 4 N–H and O–H groups in total. The number of aliphatic imine (C=N–C) groups is 1. The summed E-state index contributed by atoms with van der Waals surface area (Å²) in [5, 5.41) is 3.02. The maximum atomic E-state index is 5.68. The van der Waals surface area contributed by atoms with Crippen LogP contribution in [0.1, 0.15) is 32.6 Å². The van der Waals surface area contributed by atoms with Gasteiger partial charge in [-0.3, -0.25) is 0 Å². The summed E-state index contributed by atoms with van der Waals surface area (Å²) in [7, 11) is 0. The molecule has 0 spiro atoms. The van der Waals surface area contributed by atoms with E-state index in [1.54, 1.807) is 12.4 Å². The van der Waals surface area contributed by atoms with Gasteiger partial charge in [-0.2, -0.15) is 0 Å². The molecule has 0 aliphatic heterocycles. The van der Waals surface area contributed by atoms with Gasteiger partial charge < -0.3 is 16.0 Å². The SMILES string of the molecule is CC(C)NC(N)=NC(C)c1ncc[nH]1. The van der Waals surface area contributed by atoms with Gasteiger partial charge in [0, 0.05) is 18.4 Å². The number of aromatic amines is 1. The molecule has 0 radical (unpaired) electrons. The summed E-state index contributed by atoms with van der Waals surface area (Å²) in [6.45, 7) is 5.97. The van der Waals surface area contributed by atoms with Gasteiger partial charge in [-0.15, -0.1) is 0 Å². The van der Waals surface area contributed by atoms with E-state index in [1.165, 1.54) is 0 Å². The molecule has 0 bridgehead atoms. The Balaban J connectivity index is 2.58. The van der Waals surface area contributed by atoms with E-state index < -0.39 is 0 Å². The van der Waals surface area contributed by atoms with E-state index in [-0.39, 0.29) is 6.04 Å². The molecule has 1 unspecified atom stereocenters. The molecule has 0 fully saturated rings. The predicted octanol–water partition coefficient (Wildman–Crippen LogP) is 0.783. The van der Waals surface area contributed by atoms with Crippen molar-refractivity contribution in [2.45, 2.75) is 32.9 Å². The van der Waals surface area contributed by atoms with E-state index in [4.69, 9.17) is 5.73 Å². The van der Waals surface area contributed by atoms with Crippen molar-refractivity contribution < 1.29 is 0 Å². The monoisotopic (exact) mass is 195 g/mol. The second-order valence-corrected chi connectivity index (χ2v) is 3.46. The van der Waals surface area contributed by atoms with Gasteiger partial charge in [-0.1, -0.05) is 0 Å². The number of nitrogens with one attached hydrogen (secondary N) is 2. The first-order valence-electron chi connectivity index (χ1n) is 4.68. The van der Waals surface area contributed by atoms with Crippen LogP contribution in [0.4, 0.5) is 0 Å². The molecule has 0 aromatic carbocycles. The van der Waals surface area contributed by atoms with Crippen molar-refractivity contribution in [1.29, 1.82) is 0 Å². The van der Waals surface area contributed by atoms with E-state index in [2.05, 4.69) is 20.3 Å². The molecule has 5 heteroatoms. The minimum atomic E-state index is -0.0451. The molecule has 14 heavy (non-hydrogen) atoms. The minimum absolute atomic E-state index is 0.0451. The van der Waals surface area contributed by atoms with Crippen LogP contribution in [0.15, 0.2) is 17.4 Å². The summed E-state index contributed by atoms with van der Waals surface area (Å²) in [6, 6.07) is 0.249. The van der Waals surface area contributed by atoms with Gasteiger partial charge in [0.05, 0.1) is 0 Å². The molecular formula is C9H17N5. The fourth-order valence-electron chi connectivity index (χ4n) is 1.11. The van der Waals surface area contributed by atoms with Crippen LogP contribution < -0.4 is 11.1 Å². The van der Waals surface area contributed by atoms with Crippen LogP contribution in [0, 0.1) is 0 Å². The lowest BCUT2D eigenvalue weighted by Crippen LogP contribution is -2.37. The van der Waals surface area contributed by atoms with Crippen molar-refractivity contribution >= 4 is 5.96 Å². The molecule has 1 aromatic rings. The lowest BCUT2D eigenvalue weighted by Gasteiger charge is -2.10. The van der Waals surface area contributed by atoms with Gasteiger partial charge in [0.25, 0.3) is 0 Å². The summed E-state index contributed by atoms with van der Waals surface area (Å²) in [6.07, 6.45) is 3.47. The molecule has 1 heterocycles. The summed E-state index contributed by atoms with van der Waals surface area (Å²) in [5.41, 5.74) is 5.68. The number of H-pyrrole nitrogens is 1. The van der Waals surface area contributed by atoms with Gasteiger partial charge in [0.1, 0.15) is 11.9 Å². The number of hydrogen-bond acceptors (Lipinski definition) is 2. The first-order chi connectivity index (χ1) is 6.59. The molecule has 1 atom stereocenters. The van der Waals surface area contributed by atoms with E-state index in [0.29, 0.717) is 12.0 Å². The highest BCUT2D eigenvalue weighted by atomic mass is 15.1. The van der Waals surface area contributed by atoms with E-state index in [9.17, 15) is 0 Å². The number of guanidine groups is 1. The molecular weight excluding hydrogens is 178 g/mol. The highest BCUT2D eigenvalue weighted by Gasteiger charge is 2.06. The molecule has 0 amide bonds. The van der Waals surface area contributed by atoms with Crippen molar-refractivity contribution in [3.63, 3.8) is 0 Å². The maximum absolute atomic E-state index is 5.68. The average molecular weight is 195 g/mol. The zero-order chi connectivity index (χ0) is 10.6. The van der Waals surface area contributed by atoms with Crippen LogP contribution in [-0.4, -0.2) is 22.0 Å². The summed E-state index contributed by atoms with van der Waals surface area (Å²) in [5.74, 6) is 1.27. The van der Waals surface area contributed by atoms with E-state index >= 15 is 0 Å². The Kier molecular flexibility index (Phi) is 3.50. The molecule has 0 saturated heterocycles. The van der Waals surface area contributed by atoms with Gasteiger partial charge in [-0.25, -0.2) is 9.98 Å². The Morgan fingerprint density at radius 3 is 2.79 bits per heavy atom. The molecule has 1 aromatic heterocycles. The smallest absolute Gasteiger partial charge is 0.189 e. The molecule has 5 nitrogen and oxygen atoms in total. The summed E-state index contributed by atoms with van der Waals surface area (Å²) < 4.78 is 0. The standard InChI is InChI=1S/C9H17N5/c1-6(2)13-9(10)14-7(3)8-11-4-5-12-8/h4-7H,1-3H3,(H,11,12)(H3,10,13,14). The van der Waals surface area contributed by atoms with E-state index in [0.717, 1.165) is 5.82 Å². The Labute approximate surface area is 83.8 Å². The van der Waals surface area contributed by atoms with Crippen molar-refractivity contribution in [3.05, 3.63) is 18.2 Å². The van der Waals surface area contributed by atoms with Gasteiger partial charge in [-0.05, 0) is 20.8 Å². The third kappa shape index (κ3) is 3.08. The Hall–Kier alpha value is -1.52. The lowest BCUT2D eigenvalue weighted by molar-refractivity contribution is 0.699. The molecule has 1 rings (SSSR count). The van der Waals surface area contributed by atoms with Gasteiger partial charge in [0.15, 0.2) is 5.96 Å². The zero-order valence-corrected chi connectivity index (χ0v) is 8.78. The first-order valence-corrected chi connectivity index (χ1v) is 4.68. The highest BCUT2D eigenvalue weighted by Crippen LogP contribution is 2.09. The van der Waals surface area contributed by atoms with E-state index in [1.807, 2.05) is 20.8 Å². The zero-order valence-electron chi connectivity index (χ0n) is 8.78. The quantitative estimate of drug-likeness (QED) is 0.492.